The van der Waals surface area contributed by atoms with Gasteiger partial charge in [0.2, 0.25) is 0 Å². The van der Waals surface area contributed by atoms with Crippen molar-refractivity contribution in [2.75, 3.05) is 9.80 Å². The van der Waals surface area contributed by atoms with Gasteiger partial charge >= 0.3 is 12.4 Å². The predicted molar refractivity (Wildman–Crippen MR) is 310 cm³/mol. The van der Waals surface area contributed by atoms with Gasteiger partial charge in [-0.1, -0.05) is 156 Å². The van der Waals surface area contributed by atoms with E-state index in [9.17, 15) is 26.3 Å². The fourth-order valence-corrected chi connectivity index (χ4v) is 10.7. The van der Waals surface area contributed by atoms with E-state index in [2.05, 4.69) is 170 Å². The van der Waals surface area contributed by atoms with Gasteiger partial charge < -0.3 is 9.80 Å². The summed E-state index contributed by atoms with van der Waals surface area (Å²) in [5.74, 6) is 0. The molecular weight excluding hydrogens is 983 g/mol. The van der Waals surface area contributed by atoms with Gasteiger partial charge in [-0.3, -0.25) is 0 Å². The fourth-order valence-electron chi connectivity index (χ4n) is 10.7. The third-order valence-electron chi connectivity index (χ3n) is 14.9. The molecular formula is C70H50F6N2. The maximum Gasteiger partial charge on any atom is 0.416 e. The molecule has 0 aliphatic carbocycles. The second kappa shape index (κ2) is 19.5. The molecule has 0 aromatic heterocycles. The van der Waals surface area contributed by atoms with Gasteiger partial charge in [-0.25, -0.2) is 0 Å². The highest BCUT2D eigenvalue weighted by atomic mass is 19.4. The smallest absolute Gasteiger partial charge is 0.310 e. The first kappa shape index (κ1) is 49.7. The third-order valence-corrected chi connectivity index (χ3v) is 14.9. The van der Waals surface area contributed by atoms with Crippen molar-refractivity contribution in [1.82, 2.24) is 0 Å². The Labute approximate surface area is 449 Å². The van der Waals surface area contributed by atoms with Gasteiger partial charge in [-0.15, -0.1) is 0 Å². The number of halogens is 6. The molecule has 78 heavy (non-hydrogen) atoms. The molecule has 0 radical (unpaired) electrons. The zero-order valence-corrected chi connectivity index (χ0v) is 43.1. The van der Waals surface area contributed by atoms with Gasteiger partial charge in [0.15, 0.2) is 0 Å². The lowest BCUT2D eigenvalue weighted by atomic mass is 9.91. The molecule has 0 unspecified atom stereocenters. The molecule has 0 amide bonds. The predicted octanol–water partition coefficient (Wildman–Crippen LogP) is 21.5. The minimum Gasteiger partial charge on any atom is -0.310 e. The SMILES string of the molecule is Cc1ccc(-c2cc(-c3ccc(C)cc3)cc(N(c3ccc(C(F)(F)F)cc3)c3ccc4ccc5c(N(c6ccc(C(F)(F)F)cc6)c6cc(-c7ccc(C)cc7)cc(-c7ccc(C)cc7)c6)ccc6ccc3c4c65)c2)cc1. The first-order valence-electron chi connectivity index (χ1n) is 25.8. The minimum atomic E-state index is -4.55. The zero-order chi connectivity index (χ0) is 54.0. The number of aryl methyl sites for hydroxylation is 4. The maximum atomic E-state index is 14.3. The Balaban J connectivity index is 1.11. The molecule has 0 bridgehead atoms. The Kier molecular flexibility index (Phi) is 12.4. The van der Waals surface area contributed by atoms with Crippen molar-refractivity contribution in [3.8, 4) is 44.5 Å². The normalized spacial score (nSPS) is 12.0. The summed E-state index contributed by atoms with van der Waals surface area (Å²) in [4.78, 5) is 4.08. The topological polar surface area (TPSA) is 6.48 Å². The molecule has 8 heteroatoms. The molecule has 12 aromatic carbocycles. The number of nitrogens with zero attached hydrogens (tertiary/aromatic N) is 2. The van der Waals surface area contributed by atoms with Gasteiger partial charge in [0.25, 0.3) is 0 Å². The van der Waals surface area contributed by atoms with Crippen LogP contribution in [0.5, 0.6) is 0 Å². The second-order valence-electron chi connectivity index (χ2n) is 20.4. The van der Waals surface area contributed by atoms with Gasteiger partial charge in [-0.05, 0) is 191 Å². The van der Waals surface area contributed by atoms with E-state index in [-0.39, 0.29) is 0 Å². The molecule has 0 aliphatic heterocycles. The van der Waals surface area contributed by atoms with Crippen molar-refractivity contribution in [1.29, 1.82) is 0 Å². The van der Waals surface area contributed by atoms with E-state index >= 15 is 0 Å². The van der Waals surface area contributed by atoms with Crippen molar-refractivity contribution in [2.24, 2.45) is 0 Å². The van der Waals surface area contributed by atoms with Crippen LogP contribution in [0.25, 0.3) is 76.8 Å². The highest BCUT2D eigenvalue weighted by Crippen LogP contribution is 2.50. The summed E-state index contributed by atoms with van der Waals surface area (Å²) in [7, 11) is 0. The molecule has 0 N–H and O–H groups in total. The van der Waals surface area contributed by atoms with Crippen molar-refractivity contribution in [3.63, 3.8) is 0 Å². The van der Waals surface area contributed by atoms with Gasteiger partial charge in [-0.2, -0.15) is 26.3 Å². The first-order valence-corrected chi connectivity index (χ1v) is 25.8. The number of anilines is 6. The second-order valence-corrected chi connectivity index (χ2v) is 20.4. The monoisotopic (exact) mass is 1030 g/mol. The summed E-state index contributed by atoms with van der Waals surface area (Å²) in [6.45, 7) is 8.17. The average molecular weight is 1030 g/mol. The van der Waals surface area contributed by atoms with E-state index in [1.54, 1.807) is 0 Å². The molecule has 382 valence electrons. The molecule has 0 atom stereocenters. The zero-order valence-electron chi connectivity index (χ0n) is 43.1. The fraction of sp³-hybridized carbons (Fsp3) is 0.0857. The maximum absolute atomic E-state index is 14.3. The highest BCUT2D eigenvalue weighted by Gasteiger charge is 2.32. The summed E-state index contributed by atoms with van der Waals surface area (Å²) in [6.07, 6.45) is -9.09. The minimum absolute atomic E-state index is 0.529. The summed E-state index contributed by atoms with van der Waals surface area (Å²) >= 11 is 0. The molecule has 2 nitrogen and oxygen atoms in total. The van der Waals surface area contributed by atoms with E-state index in [4.69, 9.17) is 0 Å². The number of benzene rings is 12. The van der Waals surface area contributed by atoms with Gasteiger partial charge in [0.1, 0.15) is 0 Å². The Hall–Kier alpha value is -9.14. The van der Waals surface area contributed by atoms with E-state index in [0.717, 1.165) is 146 Å². The van der Waals surface area contributed by atoms with E-state index in [1.807, 2.05) is 49.6 Å². The molecule has 12 aromatic rings. The molecule has 0 saturated heterocycles. The van der Waals surface area contributed by atoms with Gasteiger partial charge in [0.05, 0.1) is 22.5 Å². The average Bonchev–Trinajstić information content (AvgIpc) is 3.62. The highest BCUT2D eigenvalue weighted by molar-refractivity contribution is 6.28. The van der Waals surface area contributed by atoms with Crippen LogP contribution >= 0.6 is 0 Å². The number of hydrogen-bond acceptors (Lipinski definition) is 2. The van der Waals surface area contributed by atoms with E-state index < -0.39 is 23.5 Å². The molecule has 0 fully saturated rings. The van der Waals surface area contributed by atoms with Crippen LogP contribution in [0.1, 0.15) is 33.4 Å². The molecule has 0 saturated carbocycles. The Morgan fingerprint density at radius 3 is 0.795 bits per heavy atom. The van der Waals surface area contributed by atoms with Crippen LogP contribution in [0.3, 0.4) is 0 Å². The molecule has 0 spiro atoms. The lowest BCUT2D eigenvalue weighted by molar-refractivity contribution is -0.138. The van der Waals surface area contributed by atoms with E-state index in [1.165, 1.54) is 24.3 Å². The Morgan fingerprint density at radius 1 is 0.256 bits per heavy atom. The quantitative estimate of drug-likeness (QED) is 0.0995. The van der Waals surface area contributed by atoms with Gasteiger partial charge in [0, 0.05) is 33.5 Å². The van der Waals surface area contributed by atoms with Crippen LogP contribution in [0.4, 0.5) is 60.5 Å². The van der Waals surface area contributed by atoms with Crippen molar-refractivity contribution in [3.05, 3.63) is 264 Å². The summed E-state index contributed by atoms with van der Waals surface area (Å²) in [5.41, 5.74) is 14.6. The van der Waals surface area contributed by atoms with Crippen molar-refractivity contribution >= 4 is 66.4 Å². The molecule has 0 heterocycles. The first-order chi connectivity index (χ1) is 37.5. The number of hydrogen-bond donors (Lipinski definition) is 0. The van der Waals surface area contributed by atoms with E-state index in [0.29, 0.717) is 11.4 Å². The third kappa shape index (κ3) is 9.48. The van der Waals surface area contributed by atoms with Crippen molar-refractivity contribution in [2.45, 2.75) is 40.0 Å². The lowest BCUT2D eigenvalue weighted by Crippen LogP contribution is -2.13. The van der Waals surface area contributed by atoms with Crippen LogP contribution in [-0.2, 0) is 12.4 Å². The van der Waals surface area contributed by atoms with Crippen LogP contribution in [0.2, 0.25) is 0 Å². The molecule has 0 aliphatic rings. The number of rotatable bonds is 10. The van der Waals surface area contributed by atoms with Crippen LogP contribution in [-0.4, -0.2) is 0 Å². The van der Waals surface area contributed by atoms with Crippen LogP contribution in [0.15, 0.2) is 231 Å². The Bertz CT molecular complexity index is 3760. The van der Waals surface area contributed by atoms with Crippen molar-refractivity contribution < 1.29 is 26.3 Å². The van der Waals surface area contributed by atoms with Crippen LogP contribution in [0, 0.1) is 27.7 Å². The standard InChI is InChI=1S/C70H50F6N2/c1-43-5-13-47(14-6-43)53-37-54(48-15-7-44(2)8-16-48)40-61(39-53)77(59-29-25-57(26-30-59)69(71,72)73)65-35-23-51-22-34-64-66(36-24-52-21-33-63(65)67(51)68(52)64)78(60-31-27-58(28-32-60)70(74,75)76)62-41-55(49-17-9-45(3)10-18-49)38-56(42-62)50-19-11-46(4)12-20-50/h5-42H,1-4H3. The largest absolute Gasteiger partial charge is 0.416 e. The summed E-state index contributed by atoms with van der Waals surface area (Å²) in [5, 5.41) is 5.43. The van der Waals surface area contributed by atoms with Crippen LogP contribution < -0.4 is 9.80 Å². The number of alkyl halides is 6. The molecule has 12 rings (SSSR count). The summed E-state index contributed by atoms with van der Waals surface area (Å²) in [6, 6.07) is 73.0. The summed E-state index contributed by atoms with van der Waals surface area (Å²) < 4.78 is 85.6. The Morgan fingerprint density at radius 2 is 0.526 bits per heavy atom. The lowest BCUT2D eigenvalue weighted by Gasteiger charge is -2.30.